The molecule has 2 N–H and O–H groups in total. The van der Waals surface area contributed by atoms with E-state index in [0.29, 0.717) is 10.2 Å². The van der Waals surface area contributed by atoms with Crippen molar-refractivity contribution in [3.63, 3.8) is 0 Å². The van der Waals surface area contributed by atoms with E-state index in [1.807, 2.05) is 10.8 Å². The molecule has 3 nitrogen and oxygen atoms in total. The highest BCUT2D eigenvalue weighted by molar-refractivity contribution is 9.10. The molecule has 0 bridgehead atoms. The van der Waals surface area contributed by atoms with Gasteiger partial charge in [0.1, 0.15) is 0 Å². The molecule has 1 heterocycles. The largest absolute Gasteiger partial charge is 0.394 e. The average molecular weight is 301 g/mol. The molecule has 0 amide bonds. The van der Waals surface area contributed by atoms with Crippen LogP contribution in [-0.4, -0.2) is 4.57 Å². The summed E-state index contributed by atoms with van der Waals surface area (Å²) in [6, 6.07) is 0. The lowest BCUT2D eigenvalue weighted by molar-refractivity contribution is 0.556. The molecule has 0 aliphatic carbocycles. The van der Waals surface area contributed by atoms with Gasteiger partial charge >= 0.3 is 0 Å². The molecule has 1 rings (SSSR count). The summed E-state index contributed by atoms with van der Waals surface area (Å²) in [5.41, 5.74) is 5.82. The summed E-state index contributed by atoms with van der Waals surface area (Å²) in [6.07, 6.45) is 11.1. The fourth-order valence-electron chi connectivity index (χ4n) is 1.82. The maximum atomic E-state index is 11.4. The van der Waals surface area contributed by atoms with Gasteiger partial charge in [0, 0.05) is 18.9 Å². The second-order valence-corrected chi connectivity index (χ2v) is 5.25. The van der Waals surface area contributed by atoms with E-state index < -0.39 is 0 Å². The lowest BCUT2D eigenvalue weighted by Crippen LogP contribution is -2.13. The number of nitrogens with two attached hydrogens (primary N) is 1. The van der Waals surface area contributed by atoms with Crippen molar-refractivity contribution < 1.29 is 0 Å². The summed E-state index contributed by atoms with van der Waals surface area (Å²) in [5.74, 6) is 0. The molecule has 1 aromatic rings. The third-order valence-corrected chi connectivity index (χ3v) is 3.40. The first kappa shape index (κ1) is 14.3. The number of halogens is 1. The predicted molar refractivity (Wildman–Crippen MR) is 76.2 cm³/mol. The third-order valence-electron chi connectivity index (χ3n) is 2.83. The van der Waals surface area contributed by atoms with Crippen molar-refractivity contribution in [2.45, 2.75) is 52.0 Å². The minimum Gasteiger partial charge on any atom is -0.394 e. The van der Waals surface area contributed by atoms with Gasteiger partial charge in [-0.1, -0.05) is 39.0 Å². The predicted octanol–water partition coefficient (Wildman–Crippen LogP) is 3.55. The van der Waals surface area contributed by atoms with Crippen molar-refractivity contribution in [3.05, 3.63) is 27.1 Å². The molecule has 17 heavy (non-hydrogen) atoms. The van der Waals surface area contributed by atoms with Crippen molar-refractivity contribution in [2.24, 2.45) is 0 Å². The van der Waals surface area contributed by atoms with Crippen LogP contribution in [0.3, 0.4) is 0 Å². The normalized spacial score (nSPS) is 10.7. The number of nitrogen functional groups attached to an aromatic ring is 1. The van der Waals surface area contributed by atoms with Crippen LogP contribution in [-0.2, 0) is 6.54 Å². The summed E-state index contributed by atoms with van der Waals surface area (Å²) in [6.45, 7) is 3.15. The van der Waals surface area contributed by atoms with Crippen LogP contribution in [0.1, 0.15) is 45.4 Å². The van der Waals surface area contributed by atoms with Crippen LogP contribution in [0.25, 0.3) is 0 Å². The molecule has 0 unspecified atom stereocenters. The Labute approximate surface area is 111 Å². The van der Waals surface area contributed by atoms with Crippen LogP contribution in [0.5, 0.6) is 0 Å². The Morgan fingerprint density at radius 2 is 1.82 bits per heavy atom. The Morgan fingerprint density at radius 3 is 2.47 bits per heavy atom. The molecule has 0 fully saturated rings. The summed E-state index contributed by atoms with van der Waals surface area (Å²) in [5, 5.41) is 0. The van der Waals surface area contributed by atoms with Crippen LogP contribution < -0.4 is 11.2 Å². The van der Waals surface area contributed by atoms with Crippen molar-refractivity contribution in [1.29, 1.82) is 0 Å². The molecule has 0 saturated carbocycles. The number of hydrogen-bond acceptors (Lipinski definition) is 2. The van der Waals surface area contributed by atoms with E-state index in [4.69, 9.17) is 5.73 Å². The zero-order valence-electron chi connectivity index (χ0n) is 10.4. The molecular formula is C13H21BrN2O. The van der Waals surface area contributed by atoms with Crippen LogP contribution in [0.4, 0.5) is 5.69 Å². The average Bonchev–Trinajstić information content (AvgIpc) is 2.30. The van der Waals surface area contributed by atoms with E-state index in [0.717, 1.165) is 13.0 Å². The van der Waals surface area contributed by atoms with E-state index in [2.05, 4.69) is 22.9 Å². The first-order chi connectivity index (χ1) is 8.15. The first-order valence-electron chi connectivity index (χ1n) is 6.30. The van der Waals surface area contributed by atoms with Gasteiger partial charge in [0.25, 0.3) is 0 Å². The Balaban J connectivity index is 2.35. The fourth-order valence-corrected chi connectivity index (χ4v) is 2.31. The van der Waals surface area contributed by atoms with E-state index in [1.54, 1.807) is 6.20 Å². The minimum atomic E-state index is -0.121. The quantitative estimate of drug-likeness (QED) is 0.783. The molecule has 0 radical (unpaired) electrons. The molecule has 0 spiro atoms. The van der Waals surface area contributed by atoms with Crippen molar-refractivity contribution in [1.82, 2.24) is 4.57 Å². The zero-order chi connectivity index (χ0) is 12.7. The molecule has 0 aromatic carbocycles. The maximum absolute atomic E-state index is 11.4. The Morgan fingerprint density at radius 1 is 1.18 bits per heavy atom. The van der Waals surface area contributed by atoms with E-state index >= 15 is 0 Å². The highest BCUT2D eigenvalue weighted by atomic mass is 79.9. The van der Waals surface area contributed by atoms with E-state index in [-0.39, 0.29) is 5.43 Å². The lowest BCUT2D eigenvalue weighted by Gasteiger charge is -2.08. The third kappa shape index (κ3) is 4.94. The van der Waals surface area contributed by atoms with Crippen LogP contribution in [0.2, 0.25) is 0 Å². The highest BCUT2D eigenvalue weighted by Gasteiger charge is 2.01. The molecule has 0 saturated heterocycles. The summed E-state index contributed by atoms with van der Waals surface area (Å²) >= 11 is 3.23. The van der Waals surface area contributed by atoms with Gasteiger partial charge in [-0.2, -0.15) is 0 Å². The van der Waals surface area contributed by atoms with Gasteiger partial charge in [-0.05, 0) is 22.4 Å². The fraction of sp³-hybridized carbons (Fsp3) is 0.615. The van der Waals surface area contributed by atoms with Crippen LogP contribution >= 0.6 is 15.9 Å². The number of aryl methyl sites for hydroxylation is 1. The molecule has 0 atom stereocenters. The summed E-state index contributed by atoms with van der Waals surface area (Å²) in [7, 11) is 0. The van der Waals surface area contributed by atoms with Crippen molar-refractivity contribution in [3.8, 4) is 0 Å². The van der Waals surface area contributed by atoms with Crippen LogP contribution in [0.15, 0.2) is 21.7 Å². The smallest absolute Gasteiger partial charge is 0.218 e. The zero-order valence-corrected chi connectivity index (χ0v) is 12.0. The maximum Gasteiger partial charge on any atom is 0.218 e. The second kappa shape index (κ2) is 7.54. The molecular weight excluding hydrogens is 280 g/mol. The van der Waals surface area contributed by atoms with Gasteiger partial charge in [0.05, 0.1) is 10.2 Å². The number of nitrogens with zero attached hydrogens (tertiary/aromatic N) is 1. The lowest BCUT2D eigenvalue weighted by atomic mass is 10.1. The van der Waals surface area contributed by atoms with E-state index in [1.165, 1.54) is 32.1 Å². The number of pyridine rings is 1. The SMILES string of the molecule is CCCCCCCCn1cc(N)c(=O)c(Br)c1. The van der Waals surface area contributed by atoms with Gasteiger partial charge in [0.2, 0.25) is 5.43 Å². The van der Waals surface area contributed by atoms with Gasteiger partial charge < -0.3 is 10.3 Å². The molecule has 4 heteroatoms. The van der Waals surface area contributed by atoms with Crippen molar-refractivity contribution >= 4 is 21.6 Å². The number of unbranched alkanes of at least 4 members (excludes halogenated alkanes) is 5. The summed E-state index contributed by atoms with van der Waals surface area (Å²) < 4.78 is 2.53. The molecule has 1 aromatic heterocycles. The first-order valence-corrected chi connectivity index (χ1v) is 7.09. The number of anilines is 1. The Kier molecular flexibility index (Phi) is 6.34. The van der Waals surface area contributed by atoms with E-state index in [9.17, 15) is 4.79 Å². The molecule has 0 aliphatic heterocycles. The molecule has 96 valence electrons. The topological polar surface area (TPSA) is 48.0 Å². The monoisotopic (exact) mass is 300 g/mol. The van der Waals surface area contributed by atoms with Gasteiger partial charge in [-0.3, -0.25) is 4.79 Å². The second-order valence-electron chi connectivity index (χ2n) is 4.40. The van der Waals surface area contributed by atoms with Crippen LogP contribution in [0, 0.1) is 0 Å². The Hall–Kier alpha value is -0.770. The van der Waals surface area contributed by atoms with Gasteiger partial charge in [-0.15, -0.1) is 0 Å². The highest BCUT2D eigenvalue weighted by Crippen LogP contribution is 2.09. The summed E-state index contributed by atoms with van der Waals surface area (Å²) in [4.78, 5) is 11.4. The van der Waals surface area contributed by atoms with Crippen molar-refractivity contribution in [2.75, 3.05) is 5.73 Å². The van der Waals surface area contributed by atoms with Gasteiger partial charge in [-0.25, -0.2) is 0 Å². The number of hydrogen-bond donors (Lipinski definition) is 1. The number of aromatic nitrogens is 1. The Bertz CT molecular complexity index is 375. The molecule has 0 aliphatic rings. The minimum absolute atomic E-state index is 0.121. The van der Waals surface area contributed by atoms with Gasteiger partial charge in [0.15, 0.2) is 0 Å². The standard InChI is InChI=1S/C13H21BrN2O/c1-2-3-4-5-6-7-8-16-9-11(14)13(17)12(15)10-16/h9-10H,2-8,15H2,1H3. The number of rotatable bonds is 7.